The van der Waals surface area contributed by atoms with Crippen molar-refractivity contribution in [2.75, 3.05) is 31.7 Å². The first-order valence-electron chi connectivity index (χ1n) is 6.74. The number of anilines is 1. The highest BCUT2D eigenvalue weighted by Gasteiger charge is 2.20. The molecule has 18 heavy (non-hydrogen) atoms. The molecule has 1 aromatic heterocycles. The van der Waals surface area contributed by atoms with Crippen molar-refractivity contribution < 1.29 is 4.74 Å². The number of ether oxygens (including phenoxy) is 1. The highest BCUT2D eigenvalue weighted by atomic mass is 16.5. The molecule has 0 amide bonds. The Labute approximate surface area is 109 Å². The molecule has 2 N–H and O–H groups in total. The molecule has 5 heteroatoms. The fourth-order valence-corrected chi connectivity index (χ4v) is 2.52. The molecule has 2 rings (SSSR count). The van der Waals surface area contributed by atoms with E-state index in [0.717, 1.165) is 57.1 Å². The summed E-state index contributed by atoms with van der Waals surface area (Å²) in [5.41, 5.74) is 7.11. The van der Waals surface area contributed by atoms with Crippen LogP contribution in [0.25, 0.3) is 0 Å². The molecule has 1 unspecified atom stereocenters. The Morgan fingerprint density at radius 3 is 3.11 bits per heavy atom. The monoisotopic (exact) mass is 252 g/mol. The molecule has 0 aliphatic carbocycles. The van der Waals surface area contributed by atoms with Crippen molar-refractivity contribution in [2.24, 2.45) is 5.73 Å². The van der Waals surface area contributed by atoms with Crippen LogP contribution in [-0.4, -0.2) is 42.4 Å². The minimum Gasteiger partial charge on any atom is -0.385 e. The van der Waals surface area contributed by atoms with Gasteiger partial charge in [0.1, 0.15) is 0 Å². The third kappa shape index (κ3) is 3.23. The van der Waals surface area contributed by atoms with Gasteiger partial charge < -0.3 is 19.9 Å². The van der Waals surface area contributed by atoms with Gasteiger partial charge in [0.25, 0.3) is 0 Å². The van der Waals surface area contributed by atoms with Gasteiger partial charge in [-0.05, 0) is 26.2 Å². The van der Waals surface area contributed by atoms with Crippen molar-refractivity contribution in [2.45, 2.75) is 38.8 Å². The van der Waals surface area contributed by atoms with Crippen LogP contribution < -0.4 is 10.6 Å². The number of nitrogens with zero attached hydrogens (tertiary/aromatic N) is 3. The number of piperidine rings is 1. The molecule has 0 radical (unpaired) electrons. The van der Waals surface area contributed by atoms with E-state index in [0.29, 0.717) is 0 Å². The number of hydrogen-bond donors (Lipinski definition) is 1. The zero-order chi connectivity index (χ0) is 13.0. The molecule has 0 bridgehead atoms. The first kappa shape index (κ1) is 13.4. The Bertz CT molecular complexity index is 377. The molecule has 1 atom stereocenters. The Morgan fingerprint density at radius 1 is 1.56 bits per heavy atom. The normalized spacial score (nSPS) is 20.4. The van der Waals surface area contributed by atoms with Gasteiger partial charge in [-0.2, -0.15) is 0 Å². The van der Waals surface area contributed by atoms with Gasteiger partial charge in [-0.1, -0.05) is 0 Å². The Kier molecular flexibility index (Phi) is 4.60. The molecule has 1 aliphatic rings. The largest absolute Gasteiger partial charge is 0.385 e. The topological polar surface area (TPSA) is 56.3 Å². The summed E-state index contributed by atoms with van der Waals surface area (Å²) >= 11 is 0. The van der Waals surface area contributed by atoms with E-state index in [9.17, 15) is 0 Å². The van der Waals surface area contributed by atoms with Crippen molar-refractivity contribution in [3.63, 3.8) is 0 Å². The van der Waals surface area contributed by atoms with Crippen LogP contribution in [0.5, 0.6) is 0 Å². The number of aromatic nitrogens is 2. The highest BCUT2D eigenvalue weighted by Crippen LogP contribution is 2.19. The zero-order valence-corrected chi connectivity index (χ0v) is 11.4. The van der Waals surface area contributed by atoms with E-state index in [-0.39, 0.29) is 6.04 Å². The maximum absolute atomic E-state index is 6.04. The van der Waals surface area contributed by atoms with E-state index in [4.69, 9.17) is 10.5 Å². The first-order chi connectivity index (χ1) is 8.70. The van der Waals surface area contributed by atoms with Gasteiger partial charge in [-0.15, -0.1) is 0 Å². The molecule has 1 aliphatic heterocycles. The van der Waals surface area contributed by atoms with Crippen molar-refractivity contribution >= 4 is 5.95 Å². The van der Waals surface area contributed by atoms with Gasteiger partial charge in [0, 0.05) is 45.6 Å². The summed E-state index contributed by atoms with van der Waals surface area (Å²) < 4.78 is 7.33. The molecular weight excluding hydrogens is 228 g/mol. The highest BCUT2D eigenvalue weighted by molar-refractivity contribution is 5.34. The molecule has 2 heterocycles. The van der Waals surface area contributed by atoms with Crippen molar-refractivity contribution in [1.29, 1.82) is 0 Å². The number of methoxy groups -OCH3 is 1. The first-order valence-corrected chi connectivity index (χ1v) is 6.74. The van der Waals surface area contributed by atoms with Crippen molar-refractivity contribution in [3.8, 4) is 0 Å². The third-order valence-corrected chi connectivity index (χ3v) is 3.36. The molecule has 0 saturated carbocycles. The number of rotatable bonds is 5. The fraction of sp³-hybridized carbons (Fsp3) is 0.769. The van der Waals surface area contributed by atoms with E-state index in [1.54, 1.807) is 7.11 Å². The van der Waals surface area contributed by atoms with Crippen LogP contribution in [0.3, 0.4) is 0 Å². The second-order valence-electron chi connectivity index (χ2n) is 5.07. The van der Waals surface area contributed by atoms with Gasteiger partial charge in [-0.3, -0.25) is 0 Å². The average Bonchev–Trinajstić information content (AvgIpc) is 2.71. The van der Waals surface area contributed by atoms with Crippen LogP contribution in [0.15, 0.2) is 6.20 Å². The molecule has 0 aromatic carbocycles. The summed E-state index contributed by atoms with van der Waals surface area (Å²) in [4.78, 5) is 6.95. The van der Waals surface area contributed by atoms with Crippen LogP contribution in [-0.2, 0) is 11.3 Å². The Balaban J connectivity index is 2.05. The van der Waals surface area contributed by atoms with E-state index in [1.807, 2.05) is 6.92 Å². The molecular formula is C13H24N4O. The third-order valence-electron chi connectivity index (χ3n) is 3.36. The van der Waals surface area contributed by atoms with Crippen LogP contribution in [0, 0.1) is 6.92 Å². The standard InChI is InChI=1S/C13H24N4O/c1-11-9-16(7-4-8-18-2)13(15-11)17-6-3-5-12(14)10-17/h9,12H,3-8,10,14H2,1-2H3. The van der Waals surface area contributed by atoms with Crippen molar-refractivity contribution in [1.82, 2.24) is 9.55 Å². The molecule has 0 spiro atoms. The van der Waals surface area contributed by atoms with Gasteiger partial charge in [0.05, 0.1) is 5.69 Å². The quantitative estimate of drug-likeness (QED) is 0.799. The van der Waals surface area contributed by atoms with E-state index < -0.39 is 0 Å². The van der Waals surface area contributed by atoms with Crippen molar-refractivity contribution in [3.05, 3.63) is 11.9 Å². The Morgan fingerprint density at radius 2 is 2.39 bits per heavy atom. The summed E-state index contributed by atoms with van der Waals surface area (Å²) in [7, 11) is 1.74. The smallest absolute Gasteiger partial charge is 0.205 e. The molecule has 1 fully saturated rings. The van der Waals surface area contributed by atoms with Gasteiger partial charge >= 0.3 is 0 Å². The summed E-state index contributed by atoms with van der Waals surface area (Å²) in [5.74, 6) is 1.07. The average molecular weight is 252 g/mol. The van der Waals surface area contributed by atoms with Gasteiger partial charge in [-0.25, -0.2) is 4.98 Å². The second-order valence-corrected chi connectivity index (χ2v) is 5.07. The van der Waals surface area contributed by atoms with E-state index >= 15 is 0 Å². The maximum atomic E-state index is 6.04. The SMILES string of the molecule is COCCCn1cc(C)nc1N1CCCC(N)C1. The van der Waals surface area contributed by atoms with Gasteiger partial charge in [0.2, 0.25) is 5.95 Å². The maximum Gasteiger partial charge on any atom is 0.205 e. The number of nitrogens with two attached hydrogens (primary N) is 1. The van der Waals surface area contributed by atoms with Crippen LogP contribution in [0.1, 0.15) is 25.0 Å². The lowest BCUT2D eigenvalue weighted by Crippen LogP contribution is -2.44. The minimum absolute atomic E-state index is 0.281. The summed E-state index contributed by atoms with van der Waals surface area (Å²) in [6, 6.07) is 0.281. The number of aryl methyl sites for hydroxylation is 2. The van der Waals surface area contributed by atoms with Crippen LogP contribution in [0.4, 0.5) is 5.95 Å². The molecule has 1 aromatic rings. The predicted octanol–water partition coefficient (Wildman–Crippen LogP) is 1.16. The van der Waals surface area contributed by atoms with E-state index in [1.165, 1.54) is 0 Å². The van der Waals surface area contributed by atoms with Crippen LogP contribution in [0.2, 0.25) is 0 Å². The molecule has 5 nitrogen and oxygen atoms in total. The Hall–Kier alpha value is -1.07. The zero-order valence-electron chi connectivity index (χ0n) is 11.4. The fourth-order valence-electron chi connectivity index (χ4n) is 2.52. The van der Waals surface area contributed by atoms with E-state index in [2.05, 4.69) is 20.6 Å². The summed E-state index contributed by atoms with van der Waals surface area (Å²) in [6.45, 7) is 5.77. The second kappa shape index (κ2) is 6.20. The minimum atomic E-state index is 0.281. The number of imidazole rings is 1. The summed E-state index contributed by atoms with van der Waals surface area (Å²) in [5, 5.41) is 0. The van der Waals surface area contributed by atoms with Crippen LogP contribution >= 0.6 is 0 Å². The molecule has 1 saturated heterocycles. The number of hydrogen-bond acceptors (Lipinski definition) is 4. The lowest BCUT2D eigenvalue weighted by Gasteiger charge is -2.31. The van der Waals surface area contributed by atoms with Gasteiger partial charge in [0.15, 0.2) is 0 Å². The predicted molar refractivity (Wildman–Crippen MR) is 72.9 cm³/mol. The lowest BCUT2D eigenvalue weighted by molar-refractivity contribution is 0.190. The molecule has 102 valence electrons. The summed E-state index contributed by atoms with van der Waals surface area (Å²) in [6.07, 6.45) is 5.41. The lowest BCUT2D eigenvalue weighted by atomic mass is 10.1.